The van der Waals surface area contributed by atoms with Crippen molar-refractivity contribution >= 4 is 33.2 Å². The second kappa shape index (κ2) is 5.43. The number of fused-ring (bicyclic) bond motifs is 1. The summed E-state index contributed by atoms with van der Waals surface area (Å²) in [6.45, 7) is 0. The van der Waals surface area contributed by atoms with E-state index in [1.807, 2.05) is 0 Å². The molecule has 2 amide bonds. The molecule has 0 atom stereocenters. The van der Waals surface area contributed by atoms with Gasteiger partial charge in [0, 0.05) is 14.1 Å². The highest BCUT2D eigenvalue weighted by molar-refractivity contribution is 7.89. The van der Waals surface area contributed by atoms with E-state index >= 15 is 0 Å². The third-order valence-corrected chi connectivity index (χ3v) is 4.70. The number of nitrogens with zero attached hydrogens (tertiary/aromatic N) is 2. The highest BCUT2D eigenvalue weighted by atomic mass is 32.2. The van der Waals surface area contributed by atoms with E-state index in [-0.39, 0.29) is 21.7 Å². The lowest BCUT2D eigenvalue weighted by atomic mass is 10.1. The van der Waals surface area contributed by atoms with E-state index in [1.165, 1.54) is 18.2 Å². The van der Waals surface area contributed by atoms with Crippen molar-refractivity contribution in [2.24, 2.45) is 5.14 Å². The number of primary sulfonamides is 1. The number of hydrogen-bond donors (Lipinski definition) is 1. The first-order valence-corrected chi connectivity index (χ1v) is 8.58. The number of hydrogen-bond acceptors (Lipinski definition) is 5. The van der Waals surface area contributed by atoms with Gasteiger partial charge in [0.2, 0.25) is 10.0 Å². The fourth-order valence-electron chi connectivity index (χ4n) is 2.65. The standard InChI is InChI=1S/C16H15N3O4S/c1-18(2)13-8-7-10(24(17,22)23)9-14(13)19-15(20)11-5-3-4-6-12(11)16(19)21/h3-9H,1-2H3,(H2,17,22,23). The van der Waals surface area contributed by atoms with Gasteiger partial charge in [-0.25, -0.2) is 18.5 Å². The summed E-state index contributed by atoms with van der Waals surface area (Å²) in [6.07, 6.45) is 0. The third kappa shape index (κ3) is 2.45. The molecule has 0 bridgehead atoms. The van der Waals surface area contributed by atoms with Crippen LogP contribution in [-0.4, -0.2) is 34.3 Å². The monoisotopic (exact) mass is 345 g/mol. The van der Waals surface area contributed by atoms with Crippen molar-refractivity contribution in [2.75, 3.05) is 23.9 Å². The molecule has 124 valence electrons. The fourth-order valence-corrected chi connectivity index (χ4v) is 3.18. The molecule has 7 nitrogen and oxygen atoms in total. The molecule has 0 radical (unpaired) electrons. The molecule has 3 rings (SSSR count). The summed E-state index contributed by atoms with van der Waals surface area (Å²) in [6, 6.07) is 10.6. The van der Waals surface area contributed by atoms with Crippen molar-refractivity contribution in [2.45, 2.75) is 4.90 Å². The molecule has 24 heavy (non-hydrogen) atoms. The molecule has 0 saturated carbocycles. The molecule has 1 aliphatic heterocycles. The van der Waals surface area contributed by atoms with E-state index < -0.39 is 21.8 Å². The van der Waals surface area contributed by atoms with Crippen molar-refractivity contribution in [3.05, 3.63) is 53.6 Å². The molecule has 0 aromatic heterocycles. The number of benzene rings is 2. The molecule has 0 saturated heterocycles. The average Bonchev–Trinajstić information content (AvgIpc) is 2.78. The molecule has 0 unspecified atom stereocenters. The molecule has 1 heterocycles. The summed E-state index contributed by atoms with van der Waals surface area (Å²) in [5.41, 5.74) is 1.27. The summed E-state index contributed by atoms with van der Waals surface area (Å²) in [7, 11) is -0.508. The molecule has 0 aliphatic carbocycles. The zero-order valence-electron chi connectivity index (χ0n) is 13.1. The van der Waals surface area contributed by atoms with Crippen LogP contribution in [0.1, 0.15) is 20.7 Å². The minimum atomic E-state index is -3.97. The molecule has 0 fully saturated rings. The highest BCUT2D eigenvalue weighted by Gasteiger charge is 2.38. The Hall–Kier alpha value is -2.71. The Morgan fingerprint density at radius 2 is 1.50 bits per heavy atom. The zero-order valence-corrected chi connectivity index (χ0v) is 13.9. The number of carbonyl (C=O) groups excluding carboxylic acids is 2. The van der Waals surface area contributed by atoms with Crippen LogP contribution in [0.3, 0.4) is 0 Å². The maximum absolute atomic E-state index is 12.6. The molecular formula is C16H15N3O4S. The van der Waals surface area contributed by atoms with Crippen LogP contribution in [0.4, 0.5) is 11.4 Å². The lowest BCUT2D eigenvalue weighted by Crippen LogP contribution is -2.31. The summed E-state index contributed by atoms with van der Waals surface area (Å²) < 4.78 is 23.3. The van der Waals surface area contributed by atoms with Crippen LogP contribution in [0.15, 0.2) is 47.4 Å². The van der Waals surface area contributed by atoms with E-state index in [2.05, 4.69) is 0 Å². The van der Waals surface area contributed by atoms with Crippen LogP contribution >= 0.6 is 0 Å². The maximum atomic E-state index is 12.6. The second-order valence-corrected chi connectivity index (χ2v) is 7.14. The maximum Gasteiger partial charge on any atom is 0.266 e. The summed E-state index contributed by atoms with van der Waals surface area (Å²) in [5, 5.41) is 5.17. The van der Waals surface area contributed by atoms with Gasteiger partial charge in [0.25, 0.3) is 11.8 Å². The van der Waals surface area contributed by atoms with E-state index in [1.54, 1.807) is 43.3 Å². The number of amides is 2. The summed E-state index contributed by atoms with van der Waals surface area (Å²) in [5.74, 6) is -0.990. The van der Waals surface area contributed by atoms with Crippen LogP contribution in [0, 0.1) is 0 Å². The molecule has 8 heteroatoms. The smallest absolute Gasteiger partial charge is 0.266 e. The minimum absolute atomic E-state index is 0.167. The van der Waals surface area contributed by atoms with Gasteiger partial charge in [0.15, 0.2) is 0 Å². The van der Waals surface area contributed by atoms with Gasteiger partial charge < -0.3 is 4.90 Å². The predicted octanol–water partition coefficient (Wildman–Crippen LogP) is 1.20. The van der Waals surface area contributed by atoms with Gasteiger partial charge in [-0.3, -0.25) is 9.59 Å². The van der Waals surface area contributed by atoms with Crippen molar-refractivity contribution in [1.82, 2.24) is 0 Å². The van der Waals surface area contributed by atoms with E-state index in [0.717, 1.165) is 4.90 Å². The Labute approximate surface area is 139 Å². The normalized spacial score (nSPS) is 14.0. The van der Waals surface area contributed by atoms with Crippen molar-refractivity contribution in [3.8, 4) is 0 Å². The van der Waals surface area contributed by atoms with Gasteiger partial charge >= 0.3 is 0 Å². The predicted molar refractivity (Wildman–Crippen MR) is 89.7 cm³/mol. The van der Waals surface area contributed by atoms with Crippen LogP contribution in [-0.2, 0) is 10.0 Å². The van der Waals surface area contributed by atoms with Crippen LogP contribution < -0.4 is 14.9 Å². The van der Waals surface area contributed by atoms with Crippen molar-refractivity contribution < 1.29 is 18.0 Å². The third-order valence-electron chi connectivity index (χ3n) is 3.79. The average molecular weight is 345 g/mol. The number of anilines is 2. The SMILES string of the molecule is CN(C)c1ccc(S(N)(=O)=O)cc1N1C(=O)c2ccccc2C1=O. The Balaban J connectivity index is 2.23. The van der Waals surface area contributed by atoms with Gasteiger partial charge in [-0.15, -0.1) is 0 Å². The topological polar surface area (TPSA) is 101 Å². The molecule has 2 aromatic carbocycles. The quantitative estimate of drug-likeness (QED) is 0.843. The molecule has 1 aliphatic rings. The first-order valence-electron chi connectivity index (χ1n) is 7.04. The first kappa shape index (κ1) is 16.2. The van der Waals surface area contributed by atoms with Gasteiger partial charge in [-0.05, 0) is 30.3 Å². The van der Waals surface area contributed by atoms with Crippen molar-refractivity contribution in [3.63, 3.8) is 0 Å². The highest BCUT2D eigenvalue weighted by Crippen LogP contribution is 2.36. The van der Waals surface area contributed by atoms with Crippen molar-refractivity contribution in [1.29, 1.82) is 0 Å². The first-order chi connectivity index (χ1) is 11.2. The van der Waals surface area contributed by atoms with Crippen LogP contribution in [0.25, 0.3) is 0 Å². The van der Waals surface area contributed by atoms with E-state index in [9.17, 15) is 18.0 Å². The number of rotatable bonds is 3. The Morgan fingerprint density at radius 3 is 1.96 bits per heavy atom. The fraction of sp³-hybridized carbons (Fsp3) is 0.125. The molecule has 2 aromatic rings. The Morgan fingerprint density at radius 1 is 0.958 bits per heavy atom. The zero-order chi connectivity index (χ0) is 17.6. The number of nitrogens with two attached hydrogens (primary N) is 1. The summed E-state index contributed by atoms with van der Waals surface area (Å²) in [4.78, 5) is 27.8. The summed E-state index contributed by atoms with van der Waals surface area (Å²) >= 11 is 0. The van der Waals surface area contributed by atoms with E-state index in [4.69, 9.17) is 5.14 Å². The van der Waals surface area contributed by atoms with Gasteiger partial charge in [0.05, 0.1) is 27.4 Å². The van der Waals surface area contributed by atoms with Gasteiger partial charge in [0.1, 0.15) is 0 Å². The van der Waals surface area contributed by atoms with Gasteiger partial charge in [-0.2, -0.15) is 0 Å². The number of imide groups is 1. The number of sulfonamides is 1. The number of carbonyl (C=O) groups is 2. The largest absolute Gasteiger partial charge is 0.376 e. The second-order valence-electron chi connectivity index (χ2n) is 5.58. The van der Waals surface area contributed by atoms with Gasteiger partial charge in [-0.1, -0.05) is 12.1 Å². The lowest BCUT2D eigenvalue weighted by molar-refractivity contribution is 0.0926. The Kier molecular flexibility index (Phi) is 3.66. The lowest BCUT2D eigenvalue weighted by Gasteiger charge is -2.23. The van der Waals surface area contributed by atoms with E-state index in [0.29, 0.717) is 5.69 Å². The Bertz CT molecular complexity index is 932. The molecule has 0 spiro atoms. The molecular weight excluding hydrogens is 330 g/mol. The molecule has 2 N–H and O–H groups in total. The minimum Gasteiger partial charge on any atom is -0.376 e. The van der Waals surface area contributed by atoms with Crippen LogP contribution in [0.5, 0.6) is 0 Å². The van der Waals surface area contributed by atoms with Crippen LogP contribution in [0.2, 0.25) is 0 Å².